The maximum absolute atomic E-state index is 10.6. The van der Waals surface area contributed by atoms with E-state index in [0.717, 1.165) is 5.39 Å². The quantitative estimate of drug-likeness (QED) is 0.853. The number of carboxylic acid groups (broad SMARTS) is 1. The van der Waals surface area contributed by atoms with Crippen LogP contribution >= 0.6 is 0 Å². The monoisotopic (exact) mass is 232 g/mol. The number of para-hydroxylation sites is 1. The minimum absolute atomic E-state index is 0.264. The van der Waals surface area contributed by atoms with E-state index in [2.05, 4.69) is 10.3 Å². The van der Waals surface area contributed by atoms with Crippen LogP contribution < -0.4 is 10.1 Å². The van der Waals surface area contributed by atoms with Crippen LogP contribution in [0.4, 0.5) is 10.6 Å². The van der Waals surface area contributed by atoms with Crippen molar-refractivity contribution in [2.45, 2.75) is 6.92 Å². The number of nitrogens with one attached hydrogen (secondary N) is 1. The molecule has 5 heteroatoms. The summed E-state index contributed by atoms with van der Waals surface area (Å²) in [7, 11) is 0. The first-order valence-corrected chi connectivity index (χ1v) is 5.23. The fraction of sp³-hybridized carbons (Fsp3) is 0.167. The lowest BCUT2D eigenvalue weighted by molar-refractivity contribution is 0.209. The summed E-state index contributed by atoms with van der Waals surface area (Å²) in [6.07, 6.45) is -1.14. The lowest BCUT2D eigenvalue weighted by Gasteiger charge is -2.09. The molecule has 0 spiro atoms. The third kappa shape index (κ3) is 2.44. The average molecular weight is 232 g/mol. The van der Waals surface area contributed by atoms with E-state index in [0.29, 0.717) is 17.9 Å². The first kappa shape index (κ1) is 11.2. The van der Waals surface area contributed by atoms with E-state index in [9.17, 15) is 4.79 Å². The Labute approximate surface area is 98.0 Å². The number of fused-ring (bicyclic) bond motifs is 1. The predicted molar refractivity (Wildman–Crippen MR) is 64.6 cm³/mol. The number of hydrogen-bond acceptors (Lipinski definition) is 3. The Morgan fingerprint density at radius 3 is 2.94 bits per heavy atom. The molecule has 17 heavy (non-hydrogen) atoms. The molecule has 0 aliphatic heterocycles. The fourth-order valence-electron chi connectivity index (χ4n) is 1.59. The second kappa shape index (κ2) is 4.69. The van der Waals surface area contributed by atoms with Crippen molar-refractivity contribution in [1.82, 2.24) is 4.98 Å². The van der Waals surface area contributed by atoms with E-state index in [1.54, 1.807) is 6.07 Å². The molecule has 1 heterocycles. The molecule has 0 atom stereocenters. The number of ether oxygens (including phenoxy) is 1. The number of nitrogens with zero attached hydrogens (tertiary/aromatic N) is 1. The zero-order valence-corrected chi connectivity index (χ0v) is 9.30. The van der Waals surface area contributed by atoms with Gasteiger partial charge in [-0.15, -0.1) is 0 Å². The van der Waals surface area contributed by atoms with Crippen LogP contribution in [0, 0.1) is 0 Å². The highest BCUT2D eigenvalue weighted by molar-refractivity contribution is 5.90. The lowest BCUT2D eigenvalue weighted by atomic mass is 10.2. The molecule has 88 valence electrons. The Hall–Kier alpha value is -2.30. The molecule has 2 rings (SSSR count). The molecule has 0 aliphatic rings. The van der Waals surface area contributed by atoms with E-state index in [1.807, 2.05) is 31.2 Å². The van der Waals surface area contributed by atoms with Crippen molar-refractivity contribution in [3.63, 3.8) is 0 Å². The van der Waals surface area contributed by atoms with E-state index in [1.165, 1.54) is 0 Å². The van der Waals surface area contributed by atoms with Crippen LogP contribution in [0.5, 0.6) is 5.75 Å². The Balaban J connectivity index is 2.54. The summed E-state index contributed by atoms with van der Waals surface area (Å²) in [4.78, 5) is 14.8. The van der Waals surface area contributed by atoms with Crippen molar-refractivity contribution in [2.75, 3.05) is 11.9 Å². The number of hydrogen-bond donors (Lipinski definition) is 2. The van der Waals surface area contributed by atoms with Crippen LogP contribution in [0.15, 0.2) is 30.3 Å². The highest BCUT2D eigenvalue weighted by Gasteiger charge is 2.07. The standard InChI is InChI=1S/C12H12N2O3/c1-2-17-10-7-11(14-12(15)16)13-9-6-4-3-5-8(9)10/h3-7H,2H2,1H3,(H,13,14)(H,15,16). The van der Waals surface area contributed by atoms with Gasteiger partial charge >= 0.3 is 6.09 Å². The summed E-state index contributed by atoms with van der Waals surface area (Å²) in [6.45, 7) is 2.39. The Bertz CT molecular complexity index is 554. The topological polar surface area (TPSA) is 71.5 Å². The van der Waals surface area contributed by atoms with Gasteiger partial charge < -0.3 is 9.84 Å². The molecule has 2 N–H and O–H groups in total. The number of rotatable bonds is 3. The van der Waals surface area contributed by atoms with Crippen LogP contribution in [0.3, 0.4) is 0 Å². The lowest BCUT2D eigenvalue weighted by Crippen LogP contribution is -2.09. The van der Waals surface area contributed by atoms with Crippen molar-refractivity contribution < 1.29 is 14.6 Å². The summed E-state index contributed by atoms with van der Waals surface area (Å²) in [5.74, 6) is 0.890. The molecule has 0 radical (unpaired) electrons. The molecule has 0 saturated heterocycles. The molecule has 0 saturated carbocycles. The zero-order chi connectivity index (χ0) is 12.3. The molecule has 0 fully saturated rings. The molecule has 0 aliphatic carbocycles. The van der Waals surface area contributed by atoms with Gasteiger partial charge in [0.05, 0.1) is 12.1 Å². The maximum atomic E-state index is 10.6. The normalized spacial score (nSPS) is 10.2. The Morgan fingerprint density at radius 2 is 2.24 bits per heavy atom. The van der Waals surface area contributed by atoms with Crippen LogP contribution in [-0.2, 0) is 0 Å². The zero-order valence-electron chi connectivity index (χ0n) is 9.30. The minimum atomic E-state index is -1.14. The first-order valence-electron chi connectivity index (χ1n) is 5.23. The summed E-state index contributed by atoms with van der Waals surface area (Å²) in [5, 5.41) is 11.8. The third-order valence-corrected chi connectivity index (χ3v) is 2.21. The van der Waals surface area contributed by atoms with E-state index in [-0.39, 0.29) is 5.82 Å². The summed E-state index contributed by atoms with van der Waals surface area (Å²) in [6, 6.07) is 9.01. The second-order valence-corrected chi connectivity index (χ2v) is 3.39. The van der Waals surface area contributed by atoms with Crippen molar-refractivity contribution in [3.8, 4) is 5.75 Å². The van der Waals surface area contributed by atoms with Crippen LogP contribution in [0.25, 0.3) is 10.9 Å². The van der Waals surface area contributed by atoms with E-state index in [4.69, 9.17) is 9.84 Å². The number of aromatic nitrogens is 1. The van der Waals surface area contributed by atoms with Gasteiger partial charge in [-0.25, -0.2) is 9.78 Å². The molecular formula is C12H12N2O3. The Morgan fingerprint density at radius 1 is 1.47 bits per heavy atom. The van der Waals surface area contributed by atoms with Gasteiger partial charge in [0.15, 0.2) is 0 Å². The SMILES string of the molecule is CCOc1cc(NC(=O)O)nc2ccccc12. The van der Waals surface area contributed by atoms with Gasteiger partial charge in [-0.1, -0.05) is 12.1 Å². The number of amides is 1. The minimum Gasteiger partial charge on any atom is -0.493 e. The van der Waals surface area contributed by atoms with Crippen molar-refractivity contribution in [1.29, 1.82) is 0 Å². The number of anilines is 1. The summed E-state index contributed by atoms with van der Waals surface area (Å²) >= 11 is 0. The number of pyridine rings is 1. The van der Waals surface area contributed by atoms with Gasteiger partial charge in [0.2, 0.25) is 0 Å². The second-order valence-electron chi connectivity index (χ2n) is 3.39. The fourth-order valence-corrected chi connectivity index (χ4v) is 1.59. The third-order valence-electron chi connectivity index (χ3n) is 2.21. The summed E-state index contributed by atoms with van der Waals surface area (Å²) < 4.78 is 5.47. The largest absolute Gasteiger partial charge is 0.493 e. The maximum Gasteiger partial charge on any atom is 0.410 e. The average Bonchev–Trinajstić information content (AvgIpc) is 2.28. The number of carbonyl (C=O) groups is 1. The highest BCUT2D eigenvalue weighted by Crippen LogP contribution is 2.27. The molecule has 0 unspecified atom stereocenters. The molecule has 1 amide bonds. The predicted octanol–water partition coefficient (Wildman–Crippen LogP) is 2.72. The van der Waals surface area contributed by atoms with Crippen molar-refractivity contribution in [2.24, 2.45) is 0 Å². The van der Waals surface area contributed by atoms with Crippen molar-refractivity contribution in [3.05, 3.63) is 30.3 Å². The van der Waals surface area contributed by atoms with E-state index < -0.39 is 6.09 Å². The number of benzene rings is 1. The molecule has 2 aromatic rings. The molecule has 0 bridgehead atoms. The summed E-state index contributed by atoms with van der Waals surface area (Å²) in [5.41, 5.74) is 0.696. The molecule has 5 nitrogen and oxygen atoms in total. The van der Waals surface area contributed by atoms with Crippen LogP contribution in [-0.4, -0.2) is 22.8 Å². The van der Waals surface area contributed by atoms with Gasteiger partial charge in [-0.05, 0) is 19.1 Å². The Kier molecular flexibility index (Phi) is 3.09. The molecule has 1 aromatic heterocycles. The van der Waals surface area contributed by atoms with Crippen LogP contribution in [0.1, 0.15) is 6.92 Å². The van der Waals surface area contributed by atoms with Gasteiger partial charge in [0.1, 0.15) is 11.6 Å². The molecule has 1 aromatic carbocycles. The smallest absolute Gasteiger partial charge is 0.410 e. The van der Waals surface area contributed by atoms with Gasteiger partial charge in [-0.3, -0.25) is 5.32 Å². The van der Waals surface area contributed by atoms with Gasteiger partial charge in [0, 0.05) is 11.5 Å². The van der Waals surface area contributed by atoms with Gasteiger partial charge in [-0.2, -0.15) is 0 Å². The first-order chi connectivity index (χ1) is 8.20. The highest BCUT2D eigenvalue weighted by atomic mass is 16.5. The van der Waals surface area contributed by atoms with Crippen LogP contribution in [0.2, 0.25) is 0 Å². The van der Waals surface area contributed by atoms with Gasteiger partial charge in [0.25, 0.3) is 0 Å². The molecular weight excluding hydrogens is 220 g/mol. The van der Waals surface area contributed by atoms with Crippen molar-refractivity contribution >= 4 is 22.8 Å². The van der Waals surface area contributed by atoms with E-state index >= 15 is 0 Å².